The van der Waals surface area contributed by atoms with E-state index in [0.29, 0.717) is 31.1 Å². The Balaban J connectivity index is 2.38. The Morgan fingerprint density at radius 3 is 2.37 bits per heavy atom. The summed E-state index contributed by atoms with van der Waals surface area (Å²) in [6, 6.07) is 4.97. The van der Waals surface area contributed by atoms with Crippen molar-refractivity contribution in [2.24, 2.45) is 5.92 Å². The van der Waals surface area contributed by atoms with E-state index in [2.05, 4.69) is 24.1 Å². The highest BCUT2D eigenvalue weighted by Gasteiger charge is 2.26. The van der Waals surface area contributed by atoms with Crippen molar-refractivity contribution in [3.63, 3.8) is 0 Å². The van der Waals surface area contributed by atoms with Crippen molar-refractivity contribution in [2.45, 2.75) is 51.9 Å². The van der Waals surface area contributed by atoms with Crippen LogP contribution in [0.2, 0.25) is 0 Å². The molecule has 1 N–H and O–H groups in total. The van der Waals surface area contributed by atoms with Crippen LogP contribution in [0.1, 0.15) is 57.3 Å². The second kappa shape index (κ2) is 9.55. The van der Waals surface area contributed by atoms with Crippen molar-refractivity contribution in [2.75, 3.05) is 37.6 Å². The van der Waals surface area contributed by atoms with E-state index in [4.69, 9.17) is 0 Å². The fourth-order valence-corrected chi connectivity index (χ4v) is 4.86. The van der Waals surface area contributed by atoms with Crippen LogP contribution in [-0.2, 0) is 10.0 Å². The lowest BCUT2D eigenvalue weighted by Crippen LogP contribution is -2.32. The van der Waals surface area contributed by atoms with Crippen LogP contribution in [0.4, 0.5) is 5.69 Å². The second-order valence-corrected chi connectivity index (χ2v) is 9.34. The summed E-state index contributed by atoms with van der Waals surface area (Å²) in [7, 11) is -3.60. The van der Waals surface area contributed by atoms with E-state index >= 15 is 0 Å². The summed E-state index contributed by atoms with van der Waals surface area (Å²) >= 11 is 0. The van der Waals surface area contributed by atoms with Gasteiger partial charge in [-0.2, -0.15) is 4.31 Å². The Kier molecular flexibility index (Phi) is 7.68. The van der Waals surface area contributed by atoms with Gasteiger partial charge in [-0.1, -0.05) is 27.7 Å². The third kappa shape index (κ3) is 5.23. The summed E-state index contributed by atoms with van der Waals surface area (Å²) in [4.78, 5) is 15.2. The maximum Gasteiger partial charge on any atom is 0.253 e. The van der Waals surface area contributed by atoms with Crippen LogP contribution < -0.4 is 10.2 Å². The van der Waals surface area contributed by atoms with E-state index in [1.807, 2.05) is 13.8 Å². The number of sulfonamides is 1. The molecule has 6 nitrogen and oxygen atoms in total. The van der Waals surface area contributed by atoms with Crippen LogP contribution in [0.25, 0.3) is 0 Å². The summed E-state index contributed by atoms with van der Waals surface area (Å²) in [5.41, 5.74) is 1.28. The van der Waals surface area contributed by atoms with Gasteiger partial charge < -0.3 is 10.2 Å². The van der Waals surface area contributed by atoms with Crippen molar-refractivity contribution in [1.82, 2.24) is 9.62 Å². The molecule has 27 heavy (non-hydrogen) atoms. The molecule has 0 atom stereocenters. The van der Waals surface area contributed by atoms with E-state index in [-0.39, 0.29) is 10.8 Å². The highest BCUT2D eigenvalue weighted by atomic mass is 32.2. The minimum absolute atomic E-state index is 0.183. The van der Waals surface area contributed by atoms with Gasteiger partial charge in [-0.3, -0.25) is 4.79 Å². The number of hydrogen-bond acceptors (Lipinski definition) is 4. The van der Waals surface area contributed by atoms with Gasteiger partial charge in [0.05, 0.1) is 10.5 Å². The van der Waals surface area contributed by atoms with Crippen molar-refractivity contribution >= 4 is 21.6 Å². The van der Waals surface area contributed by atoms with Gasteiger partial charge in [-0.15, -0.1) is 0 Å². The topological polar surface area (TPSA) is 69.7 Å². The predicted molar refractivity (Wildman–Crippen MR) is 110 cm³/mol. The molecule has 152 valence electrons. The first-order valence-corrected chi connectivity index (χ1v) is 11.4. The highest BCUT2D eigenvalue weighted by molar-refractivity contribution is 7.89. The molecule has 0 saturated carbocycles. The minimum atomic E-state index is -3.60. The van der Waals surface area contributed by atoms with E-state index in [0.717, 1.165) is 38.0 Å². The Morgan fingerprint density at radius 2 is 1.81 bits per heavy atom. The molecule has 1 aromatic rings. The number of carbonyl (C=O) groups is 1. The van der Waals surface area contributed by atoms with Gasteiger partial charge in [0.15, 0.2) is 0 Å². The molecule has 1 heterocycles. The van der Waals surface area contributed by atoms with Crippen LogP contribution in [0.15, 0.2) is 23.1 Å². The summed E-state index contributed by atoms with van der Waals surface area (Å²) in [6.45, 7) is 11.0. The smallest absolute Gasteiger partial charge is 0.253 e. The third-order valence-corrected chi connectivity index (χ3v) is 7.06. The molecule has 1 aliphatic rings. The molecule has 0 spiro atoms. The van der Waals surface area contributed by atoms with Crippen LogP contribution in [0.5, 0.6) is 0 Å². The summed E-state index contributed by atoms with van der Waals surface area (Å²) in [5.74, 6) is 0.298. The number of nitrogens with one attached hydrogen (secondary N) is 1. The van der Waals surface area contributed by atoms with Gasteiger partial charge in [0.2, 0.25) is 10.0 Å². The second-order valence-electron chi connectivity index (χ2n) is 7.40. The molecule has 7 heteroatoms. The SMILES string of the molecule is CCN(CC)S(=O)(=O)c1ccc(N2CCCC2)c(C(=O)NCCC(C)C)c1. The van der Waals surface area contributed by atoms with E-state index in [9.17, 15) is 13.2 Å². The zero-order valence-corrected chi connectivity index (χ0v) is 17.8. The Labute approximate surface area is 164 Å². The number of hydrogen-bond donors (Lipinski definition) is 1. The van der Waals surface area contributed by atoms with Gasteiger partial charge in [0, 0.05) is 38.4 Å². The first-order chi connectivity index (χ1) is 12.8. The van der Waals surface area contributed by atoms with Crippen LogP contribution in [-0.4, -0.2) is 51.4 Å². The van der Waals surface area contributed by atoms with Crippen LogP contribution >= 0.6 is 0 Å². The molecule has 1 fully saturated rings. The van der Waals surface area contributed by atoms with Crippen LogP contribution in [0, 0.1) is 5.92 Å². The Hall–Kier alpha value is -1.60. The molecule has 0 aromatic heterocycles. The van der Waals surface area contributed by atoms with Crippen molar-refractivity contribution in [3.05, 3.63) is 23.8 Å². The van der Waals surface area contributed by atoms with Crippen molar-refractivity contribution < 1.29 is 13.2 Å². The van der Waals surface area contributed by atoms with E-state index in [1.54, 1.807) is 18.2 Å². The summed E-state index contributed by atoms with van der Waals surface area (Å²) in [5, 5.41) is 2.96. The van der Waals surface area contributed by atoms with Gasteiger partial charge in [-0.25, -0.2) is 8.42 Å². The molecule has 0 unspecified atom stereocenters. The molecule has 1 amide bonds. The number of anilines is 1. The first kappa shape index (κ1) is 21.7. The Bertz CT molecular complexity index is 737. The van der Waals surface area contributed by atoms with Gasteiger partial charge in [0.1, 0.15) is 0 Å². The van der Waals surface area contributed by atoms with Crippen LogP contribution in [0.3, 0.4) is 0 Å². The van der Waals surface area contributed by atoms with Gasteiger partial charge >= 0.3 is 0 Å². The van der Waals surface area contributed by atoms with Crippen molar-refractivity contribution in [3.8, 4) is 0 Å². The molecule has 0 aliphatic carbocycles. The number of rotatable bonds is 9. The summed E-state index contributed by atoms with van der Waals surface area (Å²) in [6.07, 6.45) is 3.07. The zero-order valence-electron chi connectivity index (χ0n) is 17.0. The molecule has 1 saturated heterocycles. The third-order valence-electron chi connectivity index (χ3n) is 5.01. The number of nitrogens with zero attached hydrogens (tertiary/aromatic N) is 2. The maximum atomic E-state index is 12.9. The first-order valence-electron chi connectivity index (χ1n) is 9.98. The Morgan fingerprint density at radius 1 is 1.19 bits per heavy atom. The van der Waals surface area contributed by atoms with E-state index < -0.39 is 10.0 Å². The number of amides is 1. The normalized spacial score (nSPS) is 15.0. The molecule has 0 radical (unpaired) electrons. The predicted octanol–water partition coefficient (Wildman–Crippen LogP) is 3.09. The van der Waals surface area contributed by atoms with E-state index in [1.165, 1.54) is 4.31 Å². The average molecular weight is 396 g/mol. The minimum Gasteiger partial charge on any atom is -0.371 e. The highest BCUT2D eigenvalue weighted by Crippen LogP contribution is 2.28. The number of carbonyl (C=O) groups excluding carboxylic acids is 1. The average Bonchev–Trinajstić information content (AvgIpc) is 3.16. The van der Waals surface area contributed by atoms with Crippen molar-refractivity contribution in [1.29, 1.82) is 0 Å². The quantitative estimate of drug-likeness (QED) is 0.698. The standard InChI is InChI=1S/C20H33N3O3S/c1-5-23(6-2)27(25,26)17-9-10-19(22-13-7-8-14-22)18(15-17)20(24)21-12-11-16(3)4/h9-10,15-16H,5-8,11-14H2,1-4H3,(H,21,24). The molecule has 1 aromatic carbocycles. The zero-order chi connectivity index (χ0) is 20.0. The molecule has 2 rings (SSSR count). The molecular weight excluding hydrogens is 362 g/mol. The molecule has 0 bridgehead atoms. The van der Waals surface area contributed by atoms with Gasteiger partial charge in [-0.05, 0) is 43.4 Å². The molecule has 1 aliphatic heterocycles. The number of benzene rings is 1. The lowest BCUT2D eigenvalue weighted by molar-refractivity contribution is 0.0952. The monoisotopic (exact) mass is 395 g/mol. The fraction of sp³-hybridized carbons (Fsp3) is 0.650. The summed E-state index contributed by atoms with van der Waals surface area (Å²) < 4.78 is 27.2. The van der Waals surface area contributed by atoms with Gasteiger partial charge in [0.25, 0.3) is 5.91 Å². The maximum absolute atomic E-state index is 12.9. The molecular formula is C20H33N3O3S. The lowest BCUT2D eigenvalue weighted by Gasteiger charge is -2.23. The fourth-order valence-electron chi connectivity index (χ4n) is 3.37. The largest absolute Gasteiger partial charge is 0.371 e. The lowest BCUT2D eigenvalue weighted by atomic mass is 10.1.